The van der Waals surface area contributed by atoms with Crippen molar-refractivity contribution in [2.75, 3.05) is 19.6 Å². The fraction of sp³-hybridized carbons (Fsp3) is 0.606. The maximum Gasteiger partial charge on any atom is 0.246 e. The van der Waals surface area contributed by atoms with Crippen LogP contribution in [-0.4, -0.2) is 76.4 Å². The van der Waals surface area contributed by atoms with E-state index in [1.54, 1.807) is 11.3 Å². The van der Waals surface area contributed by atoms with Crippen LogP contribution in [0.25, 0.3) is 20.9 Å². The Hall–Kier alpha value is -4.00. The van der Waals surface area contributed by atoms with Gasteiger partial charge in [0.05, 0.1) is 28.2 Å². The molecule has 0 radical (unpaired) electrons. The first-order chi connectivity index (χ1) is 22.3. The first-order valence-electron chi connectivity index (χ1n) is 16.2. The van der Waals surface area contributed by atoms with Crippen molar-refractivity contribution in [2.45, 2.75) is 104 Å². The Kier molecular flexibility index (Phi) is 14.2. The van der Waals surface area contributed by atoms with Gasteiger partial charge in [-0.25, -0.2) is 4.98 Å². The van der Waals surface area contributed by atoms with E-state index < -0.39 is 29.5 Å². The number of thiazole rings is 1. The Morgan fingerprint density at radius 2 is 1.79 bits per heavy atom. The molecule has 4 N–H and O–H groups in total. The lowest BCUT2D eigenvalue weighted by atomic mass is 9.85. The topological polar surface area (TPSA) is 189 Å². The Morgan fingerprint density at radius 1 is 1.09 bits per heavy atom. The van der Waals surface area contributed by atoms with Crippen molar-refractivity contribution in [3.63, 3.8) is 0 Å². The molecule has 47 heavy (non-hydrogen) atoms. The monoisotopic (exact) mass is 668 g/mol. The summed E-state index contributed by atoms with van der Waals surface area (Å²) in [6.45, 7) is 10.2. The molecule has 0 spiro atoms. The number of amides is 4. The molecule has 1 fully saturated rings. The number of nitrogens with one attached hydrogen (secondary N) is 3. The largest absolute Gasteiger partial charge is 0.391 e. The highest BCUT2D eigenvalue weighted by Crippen LogP contribution is 2.29. The van der Waals surface area contributed by atoms with Crippen molar-refractivity contribution in [3.8, 4) is 10.4 Å². The third-order valence-corrected chi connectivity index (χ3v) is 9.17. The van der Waals surface area contributed by atoms with Crippen LogP contribution in [0.4, 0.5) is 0 Å². The molecule has 1 saturated heterocycles. The Bertz CT molecular complexity index is 1420. The lowest BCUT2D eigenvalue weighted by Gasteiger charge is -2.35. The smallest absolute Gasteiger partial charge is 0.246 e. The number of unbranched alkanes of at least 4 members (excludes halogenated alkanes) is 2. The summed E-state index contributed by atoms with van der Waals surface area (Å²) in [4.78, 5) is 61.5. The maximum atomic E-state index is 13.9. The van der Waals surface area contributed by atoms with Crippen LogP contribution < -0.4 is 16.0 Å². The van der Waals surface area contributed by atoms with E-state index in [1.807, 2.05) is 64.4 Å². The van der Waals surface area contributed by atoms with E-state index in [0.29, 0.717) is 38.6 Å². The van der Waals surface area contributed by atoms with E-state index in [0.717, 1.165) is 21.7 Å². The fourth-order valence-electron chi connectivity index (χ4n) is 5.51. The highest BCUT2D eigenvalue weighted by molar-refractivity contribution is 7.13. The number of aryl methyl sites for hydroxylation is 1. The quantitative estimate of drug-likeness (QED) is 0.0878. The van der Waals surface area contributed by atoms with Crippen molar-refractivity contribution >= 4 is 35.0 Å². The number of benzene rings is 1. The van der Waals surface area contributed by atoms with E-state index in [1.165, 1.54) is 4.90 Å². The van der Waals surface area contributed by atoms with Crippen LogP contribution in [0.1, 0.15) is 89.9 Å². The van der Waals surface area contributed by atoms with Crippen LogP contribution in [0, 0.1) is 12.3 Å². The standard InChI is InChI=1S/C33H48N8O5S/c1-21(23-12-14-24(15-13-23)29-22(2)36-20-47-29)38-31(45)26-18-25(42)19-41(26)32(46)30(33(3,4)5)39-28(44)10-7-6-8-16-35-27(43)11-9-17-37-40-34/h12-15,20-21,25-26,30,42H,6-11,16-19H2,1-5H3,(H,35,43)(H,38,45)(H,39,44)/t21-,25+,26-,30+/m0/s1. The van der Waals surface area contributed by atoms with E-state index in [2.05, 4.69) is 31.0 Å². The minimum atomic E-state index is -0.888. The van der Waals surface area contributed by atoms with Gasteiger partial charge in [-0.05, 0) is 55.2 Å². The Balaban J connectivity index is 1.52. The van der Waals surface area contributed by atoms with Gasteiger partial charge < -0.3 is 26.0 Å². The molecular weight excluding hydrogens is 620 g/mol. The highest BCUT2D eigenvalue weighted by Gasteiger charge is 2.44. The van der Waals surface area contributed by atoms with E-state index in [4.69, 9.17) is 5.53 Å². The van der Waals surface area contributed by atoms with Crippen LogP contribution in [0.15, 0.2) is 34.9 Å². The SMILES string of the molecule is Cc1ncsc1-c1ccc([C@H](C)NC(=O)[C@@H]2C[C@@H](O)CN2C(=O)[C@@H](NC(=O)CCCCCNC(=O)CCCN=[N+]=[N-])C(C)(C)C)cc1. The van der Waals surface area contributed by atoms with Gasteiger partial charge in [0.25, 0.3) is 0 Å². The lowest BCUT2D eigenvalue weighted by molar-refractivity contribution is -0.144. The molecule has 2 aromatic rings. The van der Waals surface area contributed by atoms with E-state index in [9.17, 15) is 24.3 Å². The molecule has 3 rings (SSSR count). The van der Waals surface area contributed by atoms with Gasteiger partial charge in [0.15, 0.2) is 0 Å². The predicted molar refractivity (Wildman–Crippen MR) is 181 cm³/mol. The average molecular weight is 669 g/mol. The summed E-state index contributed by atoms with van der Waals surface area (Å²) in [7, 11) is 0. The summed E-state index contributed by atoms with van der Waals surface area (Å²) in [6, 6.07) is 5.84. The molecular formula is C33H48N8O5S. The molecule has 0 bridgehead atoms. The molecule has 1 aromatic carbocycles. The van der Waals surface area contributed by atoms with Gasteiger partial charge in [-0.3, -0.25) is 19.2 Å². The fourth-order valence-corrected chi connectivity index (χ4v) is 6.32. The van der Waals surface area contributed by atoms with Gasteiger partial charge in [0.2, 0.25) is 23.6 Å². The van der Waals surface area contributed by atoms with E-state index >= 15 is 0 Å². The third kappa shape index (κ3) is 11.3. The molecule has 0 saturated carbocycles. The molecule has 256 valence electrons. The molecule has 2 heterocycles. The van der Waals surface area contributed by atoms with Gasteiger partial charge in [-0.1, -0.05) is 56.6 Å². The Morgan fingerprint density at radius 3 is 2.43 bits per heavy atom. The number of rotatable bonds is 16. The summed E-state index contributed by atoms with van der Waals surface area (Å²) in [6.07, 6.45) is 2.26. The number of aliphatic hydroxyl groups excluding tert-OH is 1. The van der Waals surface area contributed by atoms with Crippen LogP contribution in [0.3, 0.4) is 0 Å². The first kappa shape index (κ1) is 37.5. The highest BCUT2D eigenvalue weighted by atomic mass is 32.1. The number of carbonyl (C=O) groups is 4. The normalized spacial score (nSPS) is 17.4. The second-order valence-corrected chi connectivity index (χ2v) is 14.0. The molecule has 13 nitrogen and oxygen atoms in total. The van der Waals surface area contributed by atoms with Crippen LogP contribution >= 0.6 is 11.3 Å². The molecule has 14 heteroatoms. The summed E-state index contributed by atoms with van der Waals surface area (Å²) < 4.78 is 0. The zero-order valence-corrected chi connectivity index (χ0v) is 28.8. The summed E-state index contributed by atoms with van der Waals surface area (Å²) in [5, 5.41) is 22.6. The summed E-state index contributed by atoms with van der Waals surface area (Å²) in [5.41, 5.74) is 12.4. The molecule has 1 aliphatic heterocycles. The zero-order valence-electron chi connectivity index (χ0n) is 28.0. The summed E-state index contributed by atoms with van der Waals surface area (Å²) >= 11 is 1.57. The average Bonchev–Trinajstić information content (AvgIpc) is 3.64. The zero-order chi connectivity index (χ0) is 34.6. The Labute approximate surface area is 280 Å². The van der Waals surface area contributed by atoms with Gasteiger partial charge >= 0.3 is 0 Å². The number of hydrogen-bond donors (Lipinski definition) is 4. The minimum absolute atomic E-state index is 0.00784. The van der Waals surface area contributed by atoms with Crippen LogP contribution in [0.5, 0.6) is 0 Å². The molecule has 4 amide bonds. The van der Waals surface area contributed by atoms with E-state index in [-0.39, 0.29) is 49.7 Å². The van der Waals surface area contributed by atoms with Gasteiger partial charge in [0.1, 0.15) is 12.1 Å². The number of hydrogen-bond acceptors (Lipinski definition) is 8. The van der Waals surface area contributed by atoms with Gasteiger partial charge in [-0.2, -0.15) is 0 Å². The maximum absolute atomic E-state index is 13.9. The number of aliphatic hydroxyl groups is 1. The number of nitrogens with zero attached hydrogens (tertiary/aromatic N) is 5. The third-order valence-electron chi connectivity index (χ3n) is 8.19. The second-order valence-electron chi connectivity index (χ2n) is 13.1. The van der Waals surface area contributed by atoms with Gasteiger partial charge in [-0.15, -0.1) is 11.3 Å². The van der Waals surface area contributed by atoms with Crippen molar-refractivity contribution in [2.24, 2.45) is 10.5 Å². The molecule has 1 aliphatic rings. The van der Waals surface area contributed by atoms with Crippen LogP contribution in [0.2, 0.25) is 0 Å². The minimum Gasteiger partial charge on any atom is -0.391 e. The number of likely N-dealkylation sites (tertiary alicyclic amines) is 1. The number of β-amino-alcohol motifs (C(OH)–C–C–N with tert-alkyl or cyclic N) is 1. The lowest BCUT2D eigenvalue weighted by Crippen LogP contribution is -2.57. The van der Waals surface area contributed by atoms with Crippen LogP contribution in [-0.2, 0) is 19.2 Å². The van der Waals surface area contributed by atoms with Gasteiger partial charge in [0, 0.05) is 43.8 Å². The second kappa shape index (κ2) is 17.8. The molecule has 0 unspecified atom stereocenters. The first-order valence-corrected chi connectivity index (χ1v) is 17.1. The predicted octanol–water partition coefficient (Wildman–Crippen LogP) is 4.56. The number of aromatic nitrogens is 1. The molecule has 4 atom stereocenters. The summed E-state index contributed by atoms with van der Waals surface area (Å²) in [5.74, 6) is -1.13. The number of carbonyl (C=O) groups excluding carboxylic acids is 4. The molecule has 1 aromatic heterocycles. The van der Waals surface area contributed by atoms with Crippen molar-refractivity contribution in [1.82, 2.24) is 25.8 Å². The molecule has 0 aliphatic carbocycles. The van der Waals surface area contributed by atoms with Crippen molar-refractivity contribution in [1.29, 1.82) is 0 Å². The van der Waals surface area contributed by atoms with Crippen molar-refractivity contribution < 1.29 is 24.3 Å². The number of azide groups is 1. The van der Waals surface area contributed by atoms with Crippen molar-refractivity contribution in [3.05, 3.63) is 51.5 Å².